The lowest BCUT2D eigenvalue weighted by molar-refractivity contribution is -0.389. The topological polar surface area (TPSA) is 26.0 Å². The van der Waals surface area contributed by atoms with Gasteiger partial charge in [0.2, 0.25) is 0 Å². The summed E-state index contributed by atoms with van der Waals surface area (Å²) in [5.74, 6) is -6.73. The van der Waals surface area contributed by atoms with E-state index in [-0.39, 0.29) is 23.4 Å². The zero-order valence-corrected chi connectivity index (χ0v) is 10.7. The Balaban J connectivity index is 3.77. The van der Waals surface area contributed by atoms with Crippen LogP contribution in [-0.2, 0) is 5.67 Å². The van der Waals surface area contributed by atoms with E-state index in [2.05, 4.69) is 0 Å². The first-order chi connectivity index (χ1) is 9.57. The minimum absolute atomic E-state index is 0.00940. The van der Waals surface area contributed by atoms with E-state index >= 15 is 0 Å². The molecule has 11 heteroatoms. The van der Waals surface area contributed by atoms with Crippen molar-refractivity contribution < 1.29 is 39.5 Å². The van der Waals surface area contributed by atoms with Crippen molar-refractivity contribution in [3.63, 3.8) is 0 Å². The number of alkyl halides is 9. The Labute approximate surface area is 119 Å². The summed E-state index contributed by atoms with van der Waals surface area (Å²) in [6.45, 7) is 0.984. The quantitative estimate of drug-likeness (QED) is 0.501. The molecule has 1 unspecified atom stereocenters. The Kier molecular flexibility index (Phi) is 4.19. The van der Waals surface area contributed by atoms with Gasteiger partial charge in [-0.1, -0.05) is 17.6 Å². The Morgan fingerprint density at radius 3 is 1.64 bits per heavy atom. The van der Waals surface area contributed by atoms with E-state index in [1.807, 2.05) is 0 Å². The molecule has 0 amide bonds. The van der Waals surface area contributed by atoms with Crippen molar-refractivity contribution in [2.75, 3.05) is 5.73 Å². The lowest BCUT2D eigenvalue weighted by Crippen LogP contribution is -2.60. The Hall–Kier alpha value is -1.55. The highest BCUT2D eigenvalue weighted by molar-refractivity contribution is 6.35. The van der Waals surface area contributed by atoms with Gasteiger partial charge in [-0.3, -0.25) is 0 Å². The number of hydrogen-bond donors (Lipinski definition) is 1. The highest BCUT2D eigenvalue weighted by atomic mass is 19.4. The molecule has 0 aliphatic rings. The van der Waals surface area contributed by atoms with Crippen molar-refractivity contribution >= 4 is 19.0 Å². The zero-order chi connectivity index (χ0) is 17.7. The average Bonchev–Trinajstić information content (AvgIpc) is 2.31. The van der Waals surface area contributed by atoms with Gasteiger partial charge in [-0.05, 0) is 12.5 Å². The molecule has 122 valence electrons. The Morgan fingerprint density at radius 2 is 1.32 bits per heavy atom. The maximum absolute atomic E-state index is 14.1. The number of benzene rings is 1. The molecule has 1 rings (SSSR count). The van der Waals surface area contributed by atoms with Gasteiger partial charge in [0.15, 0.2) is 0 Å². The fourth-order valence-corrected chi connectivity index (χ4v) is 1.74. The minimum atomic E-state index is -6.78. The lowest BCUT2D eigenvalue weighted by Gasteiger charge is -2.36. The second-order valence-corrected chi connectivity index (χ2v) is 4.52. The van der Waals surface area contributed by atoms with E-state index in [4.69, 9.17) is 13.6 Å². The third-order valence-corrected chi connectivity index (χ3v) is 3.00. The van der Waals surface area contributed by atoms with Crippen molar-refractivity contribution in [1.29, 1.82) is 0 Å². The molecule has 1 nitrogen and oxygen atoms in total. The van der Waals surface area contributed by atoms with Gasteiger partial charge in [0.1, 0.15) is 7.85 Å². The first-order valence-electron chi connectivity index (χ1n) is 5.43. The van der Waals surface area contributed by atoms with Gasteiger partial charge in [0.25, 0.3) is 0 Å². The van der Waals surface area contributed by atoms with Gasteiger partial charge in [0, 0.05) is 11.3 Å². The molecule has 0 spiro atoms. The molecule has 0 aromatic heterocycles. The van der Waals surface area contributed by atoms with Crippen LogP contribution in [0, 0.1) is 6.92 Å². The fraction of sp³-hybridized carbons (Fsp3) is 0.455. The highest BCUT2D eigenvalue weighted by Gasteiger charge is 2.81. The molecule has 0 saturated carbocycles. The summed E-state index contributed by atoms with van der Waals surface area (Å²) in [5, 5.41) is 0. The molecule has 2 N–H and O–H groups in total. The molecule has 0 fully saturated rings. The number of hydrogen-bond acceptors (Lipinski definition) is 1. The summed E-state index contributed by atoms with van der Waals surface area (Å²) in [7, 11) is 5.13. The van der Waals surface area contributed by atoms with Crippen LogP contribution in [-0.4, -0.2) is 26.1 Å². The smallest absolute Gasteiger partial charge is 0.399 e. The normalized spacial score (nSPS) is 16.5. The predicted octanol–water partition coefficient (Wildman–Crippen LogP) is 3.30. The van der Waals surface area contributed by atoms with E-state index in [9.17, 15) is 39.5 Å². The lowest BCUT2D eigenvalue weighted by atomic mass is 9.81. The molecule has 1 atom stereocenters. The van der Waals surface area contributed by atoms with Gasteiger partial charge in [0.05, 0.1) is 0 Å². The van der Waals surface area contributed by atoms with Gasteiger partial charge in [-0.15, -0.1) is 0 Å². The molecule has 0 bridgehead atoms. The number of nitrogens with two attached hydrogens (primary N) is 1. The standard InChI is InChI=1S/C11H7BF9N/c1-4-2-5(3-6(12)7(4)22)8(13,10(16,17)18)9(14,15)11(19,20)21/h2-3H,22H2,1H3. The van der Waals surface area contributed by atoms with Crippen LogP contribution in [0.4, 0.5) is 45.2 Å². The molecule has 2 radical (unpaired) electrons. The number of rotatable bonds is 2. The molecule has 22 heavy (non-hydrogen) atoms. The average molecular weight is 335 g/mol. The first kappa shape index (κ1) is 18.5. The Morgan fingerprint density at radius 1 is 0.864 bits per heavy atom. The molecule has 1 aromatic rings. The molecule has 0 aliphatic carbocycles. The first-order valence-corrected chi connectivity index (χ1v) is 5.43. The number of halogens is 9. The zero-order valence-electron chi connectivity index (χ0n) is 10.7. The number of anilines is 1. The summed E-state index contributed by atoms with van der Waals surface area (Å²) < 4.78 is 116. The molecule has 1 aromatic carbocycles. The Bertz CT molecular complexity index is 555. The summed E-state index contributed by atoms with van der Waals surface area (Å²) in [6, 6.07) is 0.161. The number of nitrogen functional groups attached to an aromatic ring is 1. The van der Waals surface area contributed by atoms with Crippen molar-refractivity contribution in [2.45, 2.75) is 30.9 Å². The molecule has 0 aliphatic heterocycles. The third kappa shape index (κ3) is 2.50. The fourth-order valence-electron chi connectivity index (χ4n) is 1.74. The molecule has 0 heterocycles. The summed E-state index contributed by atoms with van der Waals surface area (Å²) in [5.41, 5.74) is -4.21. The SMILES string of the molecule is [B]c1cc(C(F)(C(F)(F)F)C(F)(F)C(F)(F)F)cc(C)c1N. The summed E-state index contributed by atoms with van der Waals surface area (Å²) in [6.07, 6.45) is -13.3. The van der Waals surface area contributed by atoms with Crippen LogP contribution in [0.2, 0.25) is 0 Å². The van der Waals surface area contributed by atoms with Crippen molar-refractivity contribution in [3.05, 3.63) is 23.3 Å². The molecular weight excluding hydrogens is 328 g/mol. The van der Waals surface area contributed by atoms with Crippen LogP contribution in [0.15, 0.2) is 12.1 Å². The predicted molar refractivity (Wildman–Crippen MR) is 60.8 cm³/mol. The maximum Gasteiger partial charge on any atom is 0.457 e. The van der Waals surface area contributed by atoms with E-state index < -0.39 is 35.0 Å². The van der Waals surface area contributed by atoms with Crippen molar-refractivity contribution in [1.82, 2.24) is 0 Å². The monoisotopic (exact) mass is 335 g/mol. The third-order valence-electron chi connectivity index (χ3n) is 3.00. The van der Waals surface area contributed by atoms with E-state index in [1.165, 1.54) is 0 Å². The van der Waals surface area contributed by atoms with E-state index in [1.54, 1.807) is 0 Å². The van der Waals surface area contributed by atoms with Crippen molar-refractivity contribution in [3.8, 4) is 0 Å². The van der Waals surface area contributed by atoms with Crippen LogP contribution in [0.3, 0.4) is 0 Å². The summed E-state index contributed by atoms with van der Waals surface area (Å²) >= 11 is 0. The van der Waals surface area contributed by atoms with E-state index in [0.717, 1.165) is 6.92 Å². The van der Waals surface area contributed by atoms with Gasteiger partial charge >= 0.3 is 23.9 Å². The minimum Gasteiger partial charge on any atom is -0.399 e. The van der Waals surface area contributed by atoms with E-state index in [0.29, 0.717) is 0 Å². The van der Waals surface area contributed by atoms with Crippen LogP contribution >= 0.6 is 0 Å². The molecule has 0 saturated heterocycles. The highest BCUT2D eigenvalue weighted by Crippen LogP contribution is 2.58. The van der Waals surface area contributed by atoms with Gasteiger partial charge < -0.3 is 5.73 Å². The van der Waals surface area contributed by atoms with Gasteiger partial charge in [-0.25, -0.2) is 4.39 Å². The molecular formula is C11H7BF9N. The summed E-state index contributed by atoms with van der Waals surface area (Å²) in [4.78, 5) is 0. The van der Waals surface area contributed by atoms with Crippen LogP contribution in [0.5, 0.6) is 0 Å². The second-order valence-electron chi connectivity index (χ2n) is 4.52. The second kappa shape index (κ2) is 4.99. The van der Waals surface area contributed by atoms with Gasteiger partial charge in [-0.2, -0.15) is 35.1 Å². The maximum atomic E-state index is 14.1. The largest absolute Gasteiger partial charge is 0.457 e. The van der Waals surface area contributed by atoms with Crippen molar-refractivity contribution in [2.24, 2.45) is 0 Å². The van der Waals surface area contributed by atoms with Crippen LogP contribution < -0.4 is 11.2 Å². The number of aryl methyl sites for hydroxylation is 1. The van der Waals surface area contributed by atoms with Crippen LogP contribution in [0.25, 0.3) is 0 Å². The van der Waals surface area contributed by atoms with Crippen LogP contribution in [0.1, 0.15) is 11.1 Å².